The summed E-state index contributed by atoms with van der Waals surface area (Å²) in [4.78, 5) is 6.48. The lowest BCUT2D eigenvalue weighted by Gasteiger charge is -2.27. The number of nitrogens with two attached hydrogens (primary N) is 1. The molecule has 1 aromatic carbocycles. The Labute approximate surface area is 121 Å². The Bertz CT molecular complexity index is 473. The van der Waals surface area contributed by atoms with Crippen LogP contribution < -0.4 is 5.73 Å². The van der Waals surface area contributed by atoms with Gasteiger partial charge in [-0.2, -0.15) is 0 Å². The van der Waals surface area contributed by atoms with Crippen LogP contribution in [0.5, 0.6) is 0 Å². The highest BCUT2D eigenvalue weighted by Crippen LogP contribution is 2.28. The highest BCUT2D eigenvalue weighted by atomic mass is 16.5. The van der Waals surface area contributed by atoms with Crippen LogP contribution in [0.1, 0.15) is 37.9 Å². The van der Waals surface area contributed by atoms with Gasteiger partial charge in [0.05, 0.1) is 19.2 Å². The van der Waals surface area contributed by atoms with E-state index in [-0.39, 0.29) is 11.5 Å². The summed E-state index contributed by atoms with van der Waals surface area (Å²) in [6.07, 6.45) is 0. The fraction of sp³-hybridized carbons (Fsp3) is 0.562. The smallest absolute Gasteiger partial charge is 0.192 e. The number of benzene rings is 1. The van der Waals surface area contributed by atoms with Gasteiger partial charge in [0.25, 0.3) is 0 Å². The number of methoxy groups -OCH3 is 1. The van der Waals surface area contributed by atoms with Gasteiger partial charge in [-0.3, -0.25) is 4.99 Å². The van der Waals surface area contributed by atoms with Crippen LogP contribution in [0.4, 0.5) is 0 Å². The molecule has 0 fully saturated rings. The molecule has 20 heavy (non-hydrogen) atoms. The van der Waals surface area contributed by atoms with Gasteiger partial charge >= 0.3 is 0 Å². The Balaban J connectivity index is 2.15. The Morgan fingerprint density at radius 3 is 2.50 bits per heavy atom. The molecule has 4 nitrogen and oxygen atoms in total. The molecule has 1 atom stereocenters. The molecule has 1 heterocycles. The van der Waals surface area contributed by atoms with E-state index in [2.05, 4.69) is 54.9 Å². The summed E-state index contributed by atoms with van der Waals surface area (Å²) in [6, 6.07) is 9.04. The van der Waals surface area contributed by atoms with Crippen LogP contribution in [0.3, 0.4) is 0 Å². The van der Waals surface area contributed by atoms with Crippen LogP contribution in [0.25, 0.3) is 0 Å². The van der Waals surface area contributed by atoms with Crippen LogP contribution in [0, 0.1) is 0 Å². The number of rotatable bonds is 4. The third kappa shape index (κ3) is 3.12. The third-order valence-corrected chi connectivity index (χ3v) is 3.79. The minimum atomic E-state index is 0.180. The summed E-state index contributed by atoms with van der Waals surface area (Å²) in [7, 11) is 1.70. The second-order valence-corrected chi connectivity index (χ2v) is 6.27. The lowest BCUT2D eigenvalue weighted by atomic mass is 9.86. The zero-order valence-corrected chi connectivity index (χ0v) is 12.9. The number of hydrogen-bond acceptors (Lipinski definition) is 4. The van der Waals surface area contributed by atoms with Gasteiger partial charge in [-0.25, -0.2) is 0 Å². The normalized spacial score (nSPS) is 19.3. The quantitative estimate of drug-likeness (QED) is 0.917. The van der Waals surface area contributed by atoms with Crippen LogP contribution in [0.15, 0.2) is 29.3 Å². The largest absolute Gasteiger partial charge is 0.383 e. The molecule has 1 aliphatic rings. The van der Waals surface area contributed by atoms with Crippen molar-refractivity contribution in [3.63, 3.8) is 0 Å². The zero-order chi connectivity index (χ0) is 14.8. The fourth-order valence-corrected chi connectivity index (χ4v) is 2.48. The molecule has 0 radical (unpaired) electrons. The molecule has 0 saturated carbocycles. The molecule has 110 valence electrons. The molecule has 1 aromatic rings. The maximum Gasteiger partial charge on any atom is 0.192 e. The summed E-state index contributed by atoms with van der Waals surface area (Å²) in [5.74, 6) is 0.618. The molecule has 0 amide bonds. The van der Waals surface area contributed by atoms with Gasteiger partial charge in [0.2, 0.25) is 0 Å². The summed E-state index contributed by atoms with van der Waals surface area (Å²) in [5, 5.41) is 0. The summed E-state index contributed by atoms with van der Waals surface area (Å²) >= 11 is 0. The molecule has 0 spiro atoms. The minimum Gasteiger partial charge on any atom is -0.383 e. The molecule has 2 N–H and O–H groups in total. The molecule has 0 bridgehead atoms. The first kappa shape index (κ1) is 14.9. The highest BCUT2D eigenvalue weighted by molar-refractivity contribution is 5.80. The molecule has 0 saturated heterocycles. The van der Waals surface area contributed by atoms with Gasteiger partial charge in [0.15, 0.2) is 5.96 Å². The van der Waals surface area contributed by atoms with Crippen molar-refractivity contribution in [3.8, 4) is 0 Å². The number of ether oxygens (including phenoxy) is 1. The Morgan fingerprint density at radius 2 is 1.95 bits per heavy atom. The number of guanidine groups is 1. The molecule has 1 aliphatic heterocycles. The van der Waals surface area contributed by atoms with E-state index >= 15 is 0 Å². The number of aliphatic imine (C=N–C) groups is 1. The first-order chi connectivity index (χ1) is 9.43. The molecule has 0 aliphatic carbocycles. The monoisotopic (exact) mass is 275 g/mol. The summed E-state index contributed by atoms with van der Waals surface area (Å²) < 4.78 is 5.15. The van der Waals surface area contributed by atoms with E-state index in [9.17, 15) is 0 Å². The number of hydrogen-bond donors (Lipinski definition) is 1. The van der Waals surface area contributed by atoms with Gasteiger partial charge in [-0.05, 0) is 16.5 Å². The first-order valence-electron chi connectivity index (χ1n) is 7.09. The SMILES string of the molecule is COCCN1C(N)=NCC1c1ccc(C(C)(C)C)cc1. The van der Waals surface area contributed by atoms with Crippen molar-refractivity contribution in [2.45, 2.75) is 32.2 Å². The molecular formula is C16H25N3O. The molecule has 2 rings (SSSR count). The van der Waals surface area contributed by atoms with E-state index in [1.54, 1.807) is 7.11 Å². The van der Waals surface area contributed by atoms with Gasteiger partial charge in [0, 0.05) is 13.7 Å². The van der Waals surface area contributed by atoms with Gasteiger partial charge in [0.1, 0.15) is 0 Å². The minimum absolute atomic E-state index is 0.180. The van der Waals surface area contributed by atoms with E-state index in [1.165, 1.54) is 11.1 Å². The van der Waals surface area contributed by atoms with Crippen molar-refractivity contribution >= 4 is 5.96 Å². The van der Waals surface area contributed by atoms with E-state index in [1.807, 2.05) is 0 Å². The van der Waals surface area contributed by atoms with E-state index in [0.717, 1.165) is 13.1 Å². The van der Waals surface area contributed by atoms with Gasteiger partial charge < -0.3 is 15.4 Å². The Kier molecular flexibility index (Phi) is 4.33. The summed E-state index contributed by atoms with van der Waals surface area (Å²) in [6.45, 7) is 8.84. The van der Waals surface area contributed by atoms with Crippen LogP contribution in [0.2, 0.25) is 0 Å². The second-order valence-electron chi connectivity index (χ2n) is 6.27. The molecule has 4 heteroatoms. The van der Waals surface area contributed by atoms with Gasteiger partial charge in [-0.1, -0.05) is 45.0 Å². The van der Waals surface area contributed by atoms with Crippen molar-refractivity contribution in [1.29, 1.82) is 0 Å². The van der Waals surface area contributed by atoms with Crippen LogP contribution >= 0.6 is 0 Å². The van der Waals surface area contributed by atoms with E-state index in [4.69, 9.17) is 10.5 Å². The lowest BCUT2D eigenvalue weighted by Crippen LogP contribution is -2.38. The van der Waals surface area contributed by atoms with Gasteiger partial charge in [-0.15, -0.1) is 0 Å². The van der Waals surface area contributed by atoms with Crippen LogP contribution in [-0.4, -0.2) is 37.7 Å². The number of nitrogens with zero attached hydrogens (tertiary/aromatic N) is 2. The van der Waals surface area contributed by atoms with Crippen molar-refractivity contribution < 1.29 is 4.74 Å². The van der Waals surface area contributed by atoms with Crippen molar-refractivity contribution in [3.05, 3.63) is 35.4 Å². The fourth-order valence-electron chi connectivity index (χ4n) is 2.48. The predicted molar refractivity (Wildman–Crippen MR) is 83.0 cm³/mol. The zero-order valence-electron chi connectivity index (χ0n) is 12.9. The highest BCUT2D eigenvalue weighted by Gasteiger charge is 2.27. The second kappa shape index (κ2) is 5.83. The van der Waals surface area contributed by atoms with E-state index in [0.29, 0.717) is 12.6 Å². The van der Waals surface area contributed by atoms with E-state index < -0.39 is 0 Å². The third-order valence-electron chi connectivity index (χ3n) is 3.79. The predicted octanol–water partition coefficient (Wildman–Crippen LogP) is 2.30. The lowest BCUT2D eigenvalue weighted by molar-refractivity contribution is 0.166. The Hall–Kier alpha value is -1.55. The first-order valence-corrected chi connectivity index (χ1v) is 7.09. The Morgan fingerprint density at radius 1 is 1.30 bits per heavy atom. The average Bonchev–Trinajstić information content (AvgIpc) is 2.77. The molecule has 1 unspecified atom stereocenters. The van der Waals surface area contributed by atoms with Crippen LogP contribution in [-0.2, 0) is 10.2 Å². The summed E-state index contributed by atoms with van der Waals surface area (Å²) in [5.41, 5.74) is 8.75. The van der Waals surface area contributed by atoms with Crippen molar-refractivity contribution in [1.82, 2.24) is 4.90 Å². The maximum atomic E-state index is 5.97. The molecular weight excluding hydrogens is 250 g/mol. The average molecular weight is 275 g/mol. The topological polar surface area (TPSA) is 50.9 Å². The molecule has 0 aromatic heterocycles. The maximum absolute atomic E-state index is 5.97. The van der Waals surface area contributed by atoms with Crippen molar-refractivity contribution in [2.75, 3.05) is 26.8 Å². The standard InChI is InChI=1S/C16H25N3O/c1-16(2,3)13-7-5-12(6-8-13)14-11-18-15(17)19(14)9-10-20-4/h5-8,14H,9-11H2,1-4H3,(H2,17,18). The van der Waals surface area contributed by atoms with Crippen molar-refractivity contribution in [2.24, 2.45) is 10.7 Å².